The number of aliphatic hydroxyl groups is 2. The molecule has 45 heavy (non-hydrogen) atoms. The molecule has 1 amide bonds. The lowest BCUT2D eigenvalue weighted by atomic mass is 9.41. The van der Waals surface area contributed by atoms with Crippen molar-refractivity contribution in [2.24, 2.45) is 52.3 Å². The second-order valence-corrected chi connectivity index (χ2v) is 16.9. The molecule has 1 aromatic rings. The number of rotatable bonds is 7. The molecule has 0 aromatic carbocycles. The van der Waals surface area contributed by atoms with E-state index in [0.717, 1.165) is 51.4 Å². The van der Waals surface area contributed by atoms with E-state index < -0.39 is 16.1 Å². The van der Waals surface area contributed by atoms with E-state index in [2.05, 4.69) is 37.4 Å². The predicted molar refractivity (Wildman–Crippen MR) is 170 cm³/mol. The zero-order valence-electron chi connectivity index (χ0n) is 27.4. The molecular formula is C34H53N3O7S. The van der Waals surface area contributed by atoms with Gasteiger partial charge in [-0.15, -0.1) is 0 Å². The van der Waals surface area contributed by atoms with Crippen molar-refractivity contribution in [1.82, 2.24) is 9.71 Å². The molecule has 1 saturated heterocycles. The van der Waals surface area contributed by atoms with Gasteiger partial charge in [-0.05, 0) is 109 Å². The largest absolute Gasteiger partial charge is 0.449 e. The first-order valence-electron chi connectivity index (χ1n) is 17.2. The van der Waals surface area contributed by atoms with Crippen molar-refractivity contribution in [3.05, 3.63) is 18.3 Å². The van der Waals surface area contributed by atoms with Gasteiger partial charge in [-0.2, -0.15) is 0 Å². The molecule has 11 atom stereocenters. The zero-order valence-corrected chi connectivity index (χ0v) is 28.2. The van der Waals surface area contributed by atoms with Crippen LogP contribution in [0.25, 0.3) is 0 Å². The Morgan fingerprint density at radius 1 is 1.09 bits per heavy atom. The van der Waals surface area contributed by atoms with Gasteiger partial charge >= 0.3 is 6.09 Å². The number of anilines is 1. The number of hydrogen-bond donors (Lipinski definition) is 3. The van der Waals surface area contributed by atoms with Crippen LogP contribution in [0.4, 0.5) is 10.6 Å². The van der Waals surface area contributed by atoms with Gasteiger partial charge in [0.1, 0.15) is 10.7 Å². The van der Waals surface area contributed by atoms with Gasteiger partial charge in [0.15, 0.2) is 0 Å². The Kier molecular flexibility index (Phi) is 9.22. The monoisotopic (exact) mass is 647 g/mol. The summed E-state index contributed by atoms with van der Waals surface area (Å²) in [5, 5.41) is 22.5. The lowest BCUT2D eigenvalue weighted by molar-refractivity contribution is -0.203. The summed E-state index contributed by atoms with van der Waals surface area (Å²) in [5.41, 5.74) is 0.177. The van der Waals surface area contributed by atoms with Gasteiger partial charge in [-0.1, -0.05) is 34.1 Å². The van der Waals surface area contributed by atoms with Crippen LogP contribution in [-0.4, -0.2) is 74.8 Å². The SMILES string of the molecule is CC[C@H]1[C@@H](O)[C@@H]2[C@H](CC[C@]3(C)[C@@H]([C@H](C)COC(=O)NS(=O)(=O)c4ccc(N5CCOCC5)nc4)CC[C@@H]23)[C@@]2(C)CC[C@@H](O)C[C@@H]12. The van der Waals surface area contributed by atoms with E-state index in [1.807, 2.05) is 4.90 Å². The van der Waals surface area contributed by atoms with Gasteiger partial charge in [-0.25, -0.2) is 22.9 Å². The molecule has 3 N–H and O–H groups in total. The Hall–Kier alpha value is -1.95. The Bertz CT molecular complexity index is 1320. The van der Waals surface area contributed by atoms with Crippen LogP contribution in [0.1, 0.15) is 79.1 Å². The summed E-state index contributed by atoms with van der Waals surface area (Å²) in [6.45, 7) is 11.8. The van der Waals surface area contributed by atoms with Crippen LogP contribution < -0.4 is 9.62 Å². The molecule has 1 aromatic heterocycles. The first-order chi connectivity index (χ1) is 21.4. The van der Waals surface area contributed by atoms with Crippen LogP contribution >= 0.6 is 0 Å². The van der Waals surface area contributed by atoms with Crippen molar-refractivity contribution in [1.29, 1.82) is 0 Å². The van der Waals surface area contributed by atoms with E-state index in [9.17, 15) is 23.4 Å². The van der Waals surface area contributed by atoms with E-state index in [4.69, 9.17) is 9.47 Å². The fourth-order valence-electron chi connectivity index (χ4n) is 11.0. The fourth-order valence-corrected chi connectivity index (χ4v) is 11.8. The number of hydrogen-bond acceptors (Lipinski definition) is 9. The van der Waals surface area contributed by atoms with Crippen LogP contribution in [0.5, 0.6) is 0 Å². The van der Waals surface area contributed by atoms with Crippen molar-refractivity contribution in [3.63, 3.8) is 0 Å². The standard InChI is InChI=1S/C34H53N3O7S/c1-5-24-28-18-22(38)10-12-34(28,4)27-11-13-33(3)25(7-8-26(33)30(27)31(24)39)21(2)20-44-32(40)36-45(41,42)23-6-9-29(35-19-23)37-14-16-43-17-15-37/h6,9,19,21-22,24-28,30-31,38-39H,5,7-8,10-18,20H2,1-4H3,(H,36,40)/t21-,22-,24-,25-,26+,27+,28+,30+,31-,33-,34-/m1/s1. The lowest BCUT2D eigenvalue weighted by Gasteiger charge is -2.64. The van der Waals surface area contributed by atoms with E-state index >= 15 is 0 Å². The molecule has 252 valence electrons. The third-order valence-corrected chi connectivity index (χ3v) is 14.5. The molecule has 5 fully saturated rings. The van der Waals surface area contributed by atoms with Crippen molar-refractivity contribution in [2.75, 3.05) is 37.8 Å². The highest BCUT2D eigenvalue weighted by Gasteiger charge is 2.65. The van der Waals surface area contributed by atoms with Gasteiger partial charge < -0.3 is 24.6 Å². The maximum Gasteiger partial charge on any atom is 0.421 e. The molecule has 0 radical (unpaired) electrons. The number of amides is 1. The smallest absolute Gasteiger partial charge is 0.421 e. The van der Waals surface area contributed by atoms with Crippen LogP contribution in [0.15, 0.2) is 23.2 Å². The summed E-state index contributed by atoms with van der Waals surface area (Å²) >= 11 is 0. The van der Waals surface area contributed by atoms with Crippen molar-refractivity contribution in [2.45, 2.75) is 96.2 Å². The Labute approximate surface area is 268 Å². The highest BCUT2D eigenvalue weighted by molar-refractivity contribution is 7.90. The number of nitrogens with one attached hydrogen (secondary N) is 1. The van der Waals surface area contributed by atoms with E-state index in [-0.39, 0.29) is 52.3 Å². The van der Waals surface area contributed by atoms with Gasteiger partial charge in [0.25, 0.3) is 10.0 Å². The summed E-state index contributed by atoms with van der Waals surface area (Å²) in [6, 6.07) is 3.09. The summed E-state index contributed by atoms with van der Waals surface area (Å²) in [7, 11) is -4.13. The topological polar surface area (TPSA) is 138 Å². The normalized spacial score (nSPS) is 40.5. The molecule has 4 aliphatic carbocycles. The van der Waals surface area contributed by atoms with Crippen LogP contribution in [-0.2, 0) is 19.5 Å². The van der Waals surface area contributed by atoms with Gasteiger partial charge in [0.2, 0.25) is 0 Å². The number of nitrogens with zero attached hydrogens (tertiary/aromatic N) is 2. The van der Waals surface area contributed by atoms with Gasteiger partial charge in [0.05, 0.1) is 32.0 Å². The second-order valence-electron chi connectivity index (χ2n) is 15.3. The zero-order chi connectivity index (χ0) is 32.1. The van der Waals surface area contributed by atoms with Gasteiger partial charge in [0, 0.05) is 19.3 Å². The average Bonchev–Trinajstić information content (AvgIpc) is 3.38. The molecule has 0 bridgehead atoms. The van der Waals surface area contributed by atoms with Crippen LogP contribution in [0, 0.1) is 52.3 Å². The summed E-state index contributed by atoms with van der Waals surface area (Å²) in [4.78, 5) is 18.9. The molecular weight excluding hydrogens is 594 g/mol. The number of ether oxygens (including phenoxy) is 2. The number of carbonyl (C=O) groups excluding carboxylic acids is 1. The first-order valence-corrected chi connectivity index (χ1v) is 18.7. The molecule has 0 spiro atoms. The number of aliphatic hydroxyl groups excluding tert-OH is 2. The number of sulfonamides is 1. The minimum absolute atomic E-state index is 0.0248. The van der Waals surface area contributed by atoms with Crippen molar-refractivity contribution >= 4 is 21.9 Å². The molecule has 10 nitrogen and oxygen atoms in total. The van der Waals surface area contributed by atoms with E-state index in [1.54, 1.807) is 6.07 Å². The van der Waals surface area contributed by atoms with Crippen LogP contribution in [0.3, 0.4) is 0 Å². The number of pyridine rings is 1. The molecule has 1 aliphatic heterocycles. The quantitative estimate of drug-likeness (QED) is 0.388. The average molecular weight is 648 g/mol. The summed E-state index contributed by atoms with van der Waals surface area (Å²) < 4.78 is 38.8. The lowest BCUT2D eigenvalue weighted by Crippen LogP contribution is -2.62. The maximum atomic E-state index is 12.9. The fraction of sp³-hybridized carbons (Fsp3) is 0.824. The molecule has 5 aliphatic rings. The molecule has 6 rings (SSSR count). The molecule has 2 heterocycles. The highest BCUT2D eigenvalue weighted by atomic mass is 32.2. The molecule has 4 saturated carbocycles. The van der Waals surface area contributed by atoms with Crippen LogP contribution in [0.2, 0.25) is 0 Å². The summed E-state index contributed by atoms with van der Waals surface area (Å²) in [5.74, 6) is 2.73. The predicted octanol–water partition coefficient (Wildman–Crippen LogP) is 4.60. The Morgan fingerprint density at radius 2 is 1.80 bits per heavy atom. The highest BCUT2D eigenvalue weighted by Crippen LogP contribution is 2.69. The molecule has 11 heteroatoms. The van der Waals surface area contributed by atoms with E-state index in [0.29, 0.717) is 55.8 Å². The summed E-state index contributed by atoms with van der Waals surface area (Å²) in [6.07, 6.45) is 7.53. The number of fused-ring (bicyclic) bond motifs is 5. The van der Waals surface area contributed by atoms with Crippen molar-refractivity contribution in [3.8, 4) is 0 Å². The third kappa shape index (κ3) is 5.89. The number of morpholine rings is 1. The van der Waals surface area contributed by atoms with Gasteiger partial charge in [-0.3, -0.25) is 0 Å². The minimum atomic E-state index is -4.13. The third-order valence-electron chi connectivity index (χ3n) is 13.2. The van der Waals surface area contributed by atoms with Crippen molar-refractivity contribution < 1.29 is 32.9 Å². The maximum absolute atomic E-state index is 12.9. The first kappa shape index (κ1) is 33.0. The Balaban J connectivity index is 1.08. The number of aromatic nitrogens is 1. The molecule has 0 unspecified atom stereocenters. The Morgan fingerprint density at radius 3 is 2.49 bits per heavy atom. The number of carbonyl (C=O) groups is 1. The van der Waals surface area contributed by atoms with E-state index in [1.165, 1.54) is 12.3 Å². The minimum Gasteiger partial charge on any atom is -0.449 e. The second kappa shape index (κ2) is 12.6.